The van der Waals surface area contributed by atoms with E-state index < -0.39 is 11.6 Å². The van der Waals surface area contributed by atoms with Crippen LogP contribution in [0.15, 0.2) is 18.2 Å². The quantitative estimate of drug-likeness (QED) is 0.810. The minimum Gasteiger partial charge on any atom is -0.507 e. The first-order valence-corrected chi connectivity index (χ1v) is 6.06. The van der Waals surface area contributed by atoms with Crippen molar-refractivity contribution in [1.82, 2.24) is 0 Å². The number of hydrogen-bond acceptors (Lipinski definition) is 4. The van der Waals surface area contributed by atoms with Crippen LogP contribution in [0.5, 0.6) is 5.75 Å². The van der Waals surface area contributed by atoms with Gasteiger partial charge in [0.2, 0.25) is 0 Å². The summed E-state index contributed by atoms with van der Waals surface area (Å²) in [5, 5.41) is 9.85. The molecule has 0 saturated heterocycles. The lowest BCUT2D eigenvalue weighted by Crippen LogP contribution is -2.24. The topological polar surface area (TPSA) is 72.6 Å². The Morgan fingerprint density at radius 1 is 1.44 bits per heavy atom. The third kappa shape index (κ3) is 3.74. The minimum atomic E-state index is -0.581. The molecular weight excluding hydrogens is 230 g/mol. The Morgan fingerprint density at radius 2 is 2.06 bits per heavy atom. The zero-order valence-electron chi connectivity index (χ0n) is 11.4. The molecule has 0 bridgehead atoms. The SMILES string of the molecule is CCC(N)c1ccc(C(=O)OC(C)(C)C)c(O)c1. The van der Waals surface area contributed by atoms with Gasteiger partial charge in [0.1, 0.15) is 16.9 Å². The summed E-state index contributed by atoms with van der Waals surface area (Å²) in [6, 6.07) is 4.68. The Balaban J connectivity index is 2.96. The molecule has 1 aromatic carbocycles. The van der Waals surface area contributed by atoms with Crippen LogP contribution in [-0.4, -0.2) is 16.7 Å². The van der Waals surface area contributed by atoms with Crippen molar-refractivity contribution in [2.45, 2.75) is 45.8 Å². The summed E-state index contributed by atoms with van der Waals surface area (Å²) in [4.78, 5) is 11.8. The fraction of sp³-hybridized carbons (Fsp3) is 0.500. The van der Waals surface area contributed by atoms with Crippen molar-refractivity contribution in [3.8, 4) is 5.75 Å². The summed E-state index contributed by atoms with van der Waals surface area (Å²) in [7, 11) is 0. The Labute approximate surface area is 108 Å². The van der Waals surface area contributed by atoms with Gasteiger partial charge in [0.25, 0.3) is 0 Å². The van der Waals surface area contributed by atoms with Gasteiger partial charge < -0.3 is 15.6 Å². The number of carbonyl (C=O) groups excluding carboxylic acids is 1. The van der Waals surface area contributed by atoms with Gasteiger partial charge in [-0.3, -0.25) is 0 Å². The van der Waals surface area contributed by atoms with E-state index in [1.165, 1.54) is 6.07 Å². The Bertz CT molecular complexity index is 435. The van der Waals surface area contributed by atoms with Crippen molar-refractivity contribution in [3.05, 3.63) is 29.3 Å². The number of phenolic OH excluding ortho intramolecular Hbond substituents is 1. The molecule has 0 heterocycles. The number of rotatable bonds is 3. The average molecular weight is 251 g/mol. The van der Waals surface area contributed by atoms with Gasteiger partial charge in [-0.2, -0.15) is 0 Å². The molecule has 1 atom stereocenters. The molecule has 0 saturated carbocycles. The molecule has 3 N–H and O–H groups in total. The van der Waals surface area contributed by atoms with Gasteiger partial charge in [-0.15, -0.1) is 0 Å². The number of ether oxygens (including phenoxy) is 1. The van der Waals surface area contributed by atoms with Crippen LogP contribution in [0, 0.1) is 0 Å². The predicted molar refractivity (Wildman–Crippen MR) is 70.5 cm³/mol. The molecule has 0 fully saturated rings. The maximum Gasteiger partial charge on any atom is 0.342 e. The molecule has 0 aliphatic heterocycles. The summed E-state index contributed by atoms with van der Waals surface area (Å²) in [6.07, 6.45) is 0.769. The Morgan fingerprint density at radius 3 is 2.50 bits per heavy atom. The summed E-state index contributed by atoms with van der Waals surface area (Å²) in [5.41, 5.74) is 6.25. The highest BCUT2D eigenvalue weighted by molar-refractivity contribution is 5.92. The van der Waals surface area contributed by atoms with Crippen molar-refractivity contribution in [2.75, 3.05) is 0 Å². The lowest BCUT2D eigenvalue weighted by Gasteiger charge is -2.20. The van der Waals surface area contributed by atoms with Crippen LogP contribution in [0.4, 0.5) is 0 Å². The van der Waals surface area contributed by atoms with Crippen LogP contribution < -0.4 is 5.73 Å². The van der Waals surface area contributed by atoms with Gasteiger partial charge in [0.05, 0.1) is 0 Å². The van der Waals surface area contributed by atoms with E-state index in [4.69, 9.17) is 10.5 Å². The molecule has 18 heavy (non-hydrogen) atoms. The molecular formula is C14H21NO3. The predicted octanol–water partition coefficient (Wildman–Crippen LogP) is 2.76. The largest absolute Gasteiger partial charge is 0.507 e. The van der Waals surface area contributed by atoms with Crippen LogP contribution >= 0.6 is 0 Å². The first kappa shape index (κ1) is 14.5. The molecule has 0 aliphatic rings. The van der Waals surface area contributed by atoms with Crippen LogP contribution in [0.1, 0.15) is 56.1 Å². The lowest BCUT2D eigenvalue weighted by atomic mass is 10.0. The average Bonchev–Trinajstić information content (AvgIpc) is 2.25. The number of esters is 1. The van der Waals surface area contributed by atoms with Crippen molar-refractivity contribution in [3.63, 3.8) is 0 Å². The second-order valence-electron chi connectivity index (χ2n) is 5.29. The van der Waals surface area contributed by atoms with Gasteiger partial charge in [0, 0.05) is 6.04 Å². The summed E-state index contributed by atoms with van der Waals surface area (Å²) >= 11 is 0. The van der Waals surface area contributed by atoms with Crippen molar-refractivity contribution in [2.24, 2.45) is 5.73 Å². The first-order valence-electron chi connectivity index (χ1n) is 6.06. The van der Waals surface area contributed by atoms with E-state index in [1.807, 2.05) is 6.92 Å². The van der Waals surface area contributed by atoms with Crippen molar-refractivity contribution in [1.29, 1.82) is 0 Å². The number of aromatic hydroxyl groups is 1. The molecule has 0 radical (unpaired) electrons. The molecule has 0 aliphatic carbocycles. The third-order valence-corrected chi connectivity index (χ3v) is 2.51. The van der Waals surface area contributed by atoms with Gasteiger partial charge in [-0.25, -0.2) is 4.79 Å². The number of carbonyl (C=O) groups is 1. The van der Waals surface area contributed by atoms with Crippen LogP contribution in [0.3, 0.4) is 0 Å². The van der Waals surface area contributed by atoms with Gasteiger partial charge >= 0.3 is 5.97 Å². The molecule has 1 unspecified atom stereocenters. The standard InChI is InChI=1S/C14H21NO3/c1-5-11(15)9-6-7-10(12(16)8-9)13(17)18-14(2,3)4/h6-8,11,16H,5,15H2,1-4H3. The number of hydrogen-bond donors (Lipinski definition) is 2. The fourth-order valence-corrected chi connectivity index (χ4v) is 1.52. The van der Waals surface area contributed by atoms with E-state index in [9.17, 15) is 9.90 Å². The maximum atomic E-state index is 11.8. The van der Waals surface area contributed by atoms with Gasteiger partial charge in [-0.05, 0) is 44.9 Å². The second kappa shape index (κ2) is 5.40. The molecule has 4 nitrogen and oxygen atoms in total. The van der Waals surface area contributed by atoms with Crippen LogP contribution in [-0.2, 0) is 4.74 Å². The number of nitrogens with two attached hydrogens (primary N) is 1. The minimum absolute atomic E-state index is 0.0920. The smallest absolute Gasteiger partial charge is 0.342 e. The number of phenols is 1. The lowest BCUT2D eigenvalue weighted by molar-refractivity contribution is 0.00668. The van der Waals surface area contributed by atoms with E-state index in [0.717, 1.165) is 12.0 Å². The molecule has 0 spiro atoms. The van der Waals surface area contributed by atoms with E-state index >= 15 is 0 Å². The van der Waals surface area contributed by atoms with Crippen LogP contribution in [0.2, 0.25) is 0 Å². The number of benzene rings is 1. The normalized spacial score (nSPS) is 13.2. The zero-order chi connectivity index (χ0) is 13.9. The first-order chi connectivity index (χ1) is 8.24. The summed E-state index contributed by atoms with van der Waals surface area (Å²) in [6.45, 7) is 7.30. The fourth-order valence-electron chi connectivity index (χ4n) is 1.52. The van der Waals surface area contributed by atoms with E-state index in [2.05, 4.69) is 0 Å². The molecule has 0 amide bonds. The molecule has 100 valence electrons. The summed E-state index contributed by atoms with van der Waals surface area (Å²) in [5.74, 6) is -0.623. The highest BCUT2D eigenvalue weighted by atomic mass is 16.6. The summed E-state index contributed by atoms with van der Waals surface area (Å²) < 4.78 is 5.20. The Kier molecular flexibility index (Phi) is 4.35. The monoisotopic (exact) mass is 251 g/mol. The van der Waals surface area contributed by atoms with Crippen LogP contribution in [0.25, 0.3) is 0 Å². The Hall–Kier alpha value is -1.55. The molecule has 1 rings (SSSR count). The van der Waals surface area contributed by atoms with Crippen molar-refractivity contribution >= 4 is 5.97 Å². The highest BCUT2D eigenvalue weighted by Gasteiger charge is 2.20. The second-order valence-corrected chi connectivity index (χ2v) is 5.29. The van der Waals surface area contributed by atoms with E-state index in [1.54, 1.807) is 32.9 Å². The van der Waals surface area contributed by atoms with Gasteiger partial charge in [-0.1, -0.05) is 13.0 Å². The van der Waals surface area contributed by atoms with Crippen molar-refractivity contribution < 1.29 is 14.6 Å². The van der Waals surface area contributed by atoms with E-state index in [0.29, 0.717) is 0 Å². The van der Waals surface area contributed by atoms with E-state index in [-0.39, 0.29) is 17.4 Å². The zero-order valence-corrected chi connectivity index (χ0v) is 11.4. The molecule has 0 aromatic heterocycles. The molecule has 1 aromatic rings. The third-order valence-electron chi connectivity index (χ3n) is 2.51. The maximum absolute atomic E-state index is 11.8. The molecule has 4 heteroatoms. The highest BCUT2D eigenvalue weighted by Crippen LogP contribution is 2.25. The van der Waals surface area contributed by atoms with Gasteiger partial charge in [0.15, 0.2) is 0 Å².